The van der Waals surface area contributed by atoms with E-state index in [9.17, 15) is 18.0 Å². The lowest BCUT2D eigenvalue weighted by molar-refractivity contribution is -0.140. The van der Waals surface area contributed by atoms with E-state index in [4.69, 9.17) is 11.6 Å². The molecule has 1 atom stereocenters. The molecule has 9 heteroatoms. The maximum atomic E-state index is 14.3. The molecule has 0 bridgehead atoms. The van der Waals surface area contributed by atoms with Crippen LogP contribution in [0.25, 0.3) is 0 Å². The molecule has 42 heavy (non-hydrogen) atoms. The Kier molecular flexibility index (Phi) is 10.3. The predicted octanol–water partition coefficient (Wildman–Crippen LogP) is 6.33. The molecule has 3 aromatic carbocycles. The third kappa shape index (κ3) is 7.72. The number of hydrogen-bond donors (Lipinski definition) is 1. The number of halogens is 1. The van der Waals surface area contributed by atoms with E-state index in [-0.39, 0.29) is 23.4 Å². The van der Waals surface area contributed by atoms with Crippen LogP contribution in [0.5, 0.6) is 0 Å². The van der Waals surface area contributed by atoms with Gasteiger partial charge in [-0.1, -0.05) is 67.3 Å². The molecule has 1 unspecified atom stereocenters. The Balaban J connectivity index is 1.73. The van der Waals surface area contributed by atoms with Gasteiger partial charge in [-0.2, -0.15) is 0 Å². The summed E-state index contributed by atoms with van der Waals surface area (Å²) in [5.74, 6) is -0.681. The molecule has 1 saturated carbocycles. The maximum absolute atomic E-state index is 14.3. The summed E-state index contributed by atoms with van der Waals surface area (Å²) in [7, 11) is -4.11. The Hall–Kier alpha value is -3.36. The van der Waals surface area contributed by atoms with Gasteiger partial charge in [0.2, 0.25) is 11.8 Å². The van der Waals surface area contributed by atoms with Gasteiger partial charge in [-0.25, -0.2) is 8.42 Å². The summed E-state index contributed by atoms with van der Waals surface area (Å²) in [6.07, 6.45) is 4.35. The summed E-state index contributed by atoms with van der Waals surface area (Å²) in [5.41, 5.74) is 3.87. The zero-order valence-corrected chi connectivity index (χ0v) is 26.3. The Morgan fingerprint density at radius 2 is 1.50 bits per heavy atom. The minimum absolute atomic E-state index is 0.0905. The van der Waals surface area contributed by atoms with Gasteiger partial charge in [0.1, 0.15) is 12.6 Å². The molecule has 1 fully saturated rings. The van der Waals surface area contributed by atoms with E-state index in [0.29, 0.717) is 17.1 Å². The molecule has 0 aromatic heterocycles. The fraction of sp³-hybridized carbons (Fsp3) is 0.394. The van der Waals surface area contributed by atoms with Gasteiger partial charge < -0.3 is 10.2 Å². The second-order valence-electron chi connectivity index (χ2n) is 11.2. The van der Waals surface area contributed by atoms with E-state index in [1.54, 1.807) is 48.5 Å². The highest BCUT2D eigenvalue weighted by Crippen LogP contribution is 2.27. The molecule has 0 aliphatic heterocycles. The van der Waals surface area contributed by atoms with Crippen molar-refractivity contribution in [3.8, 4) is 0 Å². The monoisotopic (exact) mass is 609 g/mol. The highest BCUT2D eigenvalue weighted by Gasteiger charge is 2.34. The van der Waals surface area contributed by atoms with Crippen molar-refractivity contribution >= 4 is 39.1 Å². The van der Waals surface area contributed by atoms with E-state index in [2.05, 4.69) is 5.32 Å². The number of carbonyl (C=O) groups is 2. The van der Waals surface area contributed by atoms with Crippen LogP contribution in [0.3, 0.4) is 0 Å². The predicted molar refractivity (Wildman–Crippen MR) is 168 cm³/mol. The fourth-order valence-electron chi connectivity index (χ4n) is 5.53. The van der Waals surface area contributed by atoms with Gasteiger partial charge in [0.15, 0.2) is 0 Å². The van der Waals surface area contributed by atoms with Crippen LogP contribution in [-0.4, -0.2) is 43.8 Å². The van der Waals surface area contributed by atoms with Gasteiger partial charge >= 0.3 is 0 Å². The lowest BCUT2D eigenvalue weighted by Crippen LogP contribution is -2.53. The van der Waals surface area contributed by atoms with E-state index >= 15 is 0 Å². The van der Waals surface area contributed by atoms with E-state index in [1.807, 2.05) is 45.9 Å². The Morgan fingerprint density at radius 3 is 2.07 bits per heavy atom. The zero-order chi connectivity index (χ0) is 30.4. The Morgan fingerprint density at radius 1 is 0.905 bits per heavy atom. The standard InChI is InChI=1S/C33H40ClN3O4S/c1-5-31(33(39)35-28-8-6-7-9-28)36(21-26-12-14-27(34)15-13-26)32(38)22-37(29-19-24(3)18-25(4)20-29)42(40,41)30-16-10-23(2)11-17-30/h10-20,28,31H,5-9,21-22H2,1-4H3,(H,35,39). The molecular formula is C33H40ClN3O4S. The number of anilines is 1. The van der Waals surface area contributed by atoms with Gasteiger partial charge in [0.05, 0.1) is 10.6 Å². The minimum atomic E-state index is -4.11. The molecule has 0 heterocycles. The third-order valence-electron chi connectivity index (χ3n) is 7.74. The smallest absolute Gasteiger partial charge is 0.264 e. The van der Waals surface area contributed by atoms with Crippen molar-refractivity contribution in [3.63, 3.8) is 0 Å². The van der Waals surface area contributed by atoms with Gasteiger partial charge in [-0.3, -0.25) is 13.9 Å². The lowest BCUT2D eigenvalue weighted by atomic mass is 10.1. The molecule has 0 saturated heterocycles. The Bertz CT molecular complexity index is 1480. The highest BCUT2D eigenvalue weighted by atomic mass is 35.5. The molecular weight excluding hydrogens is 570 g/mol. The van der Waals surface area contributed by atoms with Crippen molar-refractivity contribution in [3.05, 3.63) is 94.0 Å². The van der Waals surface area contributed by atoms with Crippen LogP contribution in [-0.2, 0) is 26.2 Å². The Labute approximate surface area is 254 Å². The average Bonchev–Trinajstić information content (AvgIpc) is 3.45. The summed E-state index contributed by atoms with van der Waals surface area (Å²) < 4.78 is 29.3. The minimum Gasteiger partial charge on any atom is -0.352 e. The molecule has 4 rings (SSSR count). The lowest BCUT2D eigenvalue weighted by Gasteiger charge is -2.34. The van der Waals surface area contributed by atoms with Crippen molar-refractivity contribution in [1.82, 2.24) is 10.2 Å². The second-order valence-corrected chi connectivity index (χ2v) is 13.5. The first-order chi connectivity index (χ1) is 20.0. The summed E-state index contributed by atoms with van der Waals surface area (Å²) in [5, 5.41) is 3.70. The third-order valence-corrected chi connectivity index (χ3v) is 9.78. The van der Waals surface area contributed by atoms with Crippen molar-refractivity contribution in [2.24, 2.45) is 0 Å². The van der Waals surface area contributed by atoms with Crippen molar-refractivity contribution in [2.45, 2.75) is 83.3 Å². The normalized spacial score (nSPS) is 14.4. The summed E-state index contributed by atoms with van der Waals surface area (Å²) in [4.78, 5) is 29.4. The maximum Gasteiger partial charge on any atom is 0.264 e. The molecule has 1 N–H and O–H groups in total. The van der Waals surface area contributed by atoms with E-state index < -0.39 is 28.5 Å². The quantitative estimate of drug-likeness (QED) is 0.275. The summed E-state index contributed by atoms with van der Waals surface area (Å²) in [6.45, 7) is 7.21. The summed E-state index contributed by atoms with van der Waals surface area (Å²) in [6, 6.07) is 18.5. The second kappa shape index (κ2) is 13.7. The molecule has 3 aromatic rings. The van der Waals surface area contributed by atoms with E-state index in [0.717, 1.165) is 52.2 Å². The van der Waals surface area contributed by atoms with Crippen molar-refractivity contribution < 1.29 is 18.0 Å². The largest absolute Gasteiger partial charge is 0.352 e. The van der Waals surface area contributed by atoms with Crippen LogP contribution in [0.1, 0.15) is 61.3 Å². The summed E-state index contributed by atoms with van der Waals surface area (Å²) >= 11 is 6.11. The first kappa shape index (κ1) is 31.6. The number of carbonyl (C=O) groups excluding carboxylic acids is 2. The van der Waals surface area contributed by atoms with Gasteiger partial charge in [-0.05, 0) is 93.1 Å². The number of nitrogens with one attached hydrogen (secondary N) is 1. The number of hydrogen-bond acceptors (Lipinski definition) is 4. The van der Waals surface area contributed by atoms with Crippen LogP contribution in [0.15, 0.2) is 71.6 Å². The number of sulfonamides is 1. The molecule has 0 radical (unpaired) electrons. The fourth-order valence-corrected chi connectivity index (χ4v) is 7.06. The first-order valence-electron chi connectivity index (χ1n) is 14.5. The molecule has 2 amide bonds. The average molecular weight is 610 g/mol. The molecule has 0 spiro atoms. The molecule has 1 aliphatic carbocycles. The van der Waals surface area contributed by atoms with Crippen LogP contribution < -0.4 is 9.62 Å². The van der Waals surface area contributed by atoms with Crippen molar-refractivity contribution in [1.29, 1.82) is 0 Å². The number of rotatable bonds is 11. The van der Waals surface area contributed by atoms with E-state index in [1.165, 1.54) is 4.90 Å². The number of aryl methyl sites for hydroxylation is 3. The SMILES string of the molecule is CCC(C(=O)NC1CCCC1)N(Cc1ccc(Cl)cc1)C(=O)CN(c1cc(C)cc(C)c1)S(=O)(=O)c1ccc(C)cc1. The number of amides is 2. The van der Waals surface area contributed by atoms with Crippen molar-refractivity contribution in [2.75, 3.05) is 10.8 Å². The molecule has 7 nitrogen and oxygen atoms in total. The van der Waals surface area contributed by atoms with Gasteiger partial charge in [0.25, 0.3) is 10.0 Å². The molecule has 1 aliphatic rings. The first-order valence-corrected chi connectivity index (χ1v) is 16.3. The topological polar surface area (TPSA) is 86.8 Å². The highest BCUT2D eigenvalue weighted by molar-refractivity contribution is 7.92. The van der Waals surface area contributed by atoms with Crippen LogP contribution >= 0.6 is 11.6 Å². The number of benzene rings is 3. The molecule has 224 valence electrons. The number of nitrogens with zero attached hydrogens (tertiary/aromatic N) is 2. The van der Waals surface area contributed by atoms with Gasteiger partial charge in [-0.15, -0.1) is 0 Å². The van der Waals surface area contributed by atoms with Crippen LogP contribution in [0.2, 0.25) is 5.02 Å². The van der Waals surface area contributed by atoms with Crippen LogP contribution in [0, 0.1) is 20.8 Å². The van der Waals surface area contributed by atoms with Gasteiger partial charge in [0, 0.05) is 17.6 Å². The van der Waals surface area contributed by atoms with Crippen LogP contribution in [0.4, 0.5) is 5.69 Å². The zero-order valence-electron chi connectivity index (χ0n) is 24.8.